The molecule has 0 aliphatic carbocycles. The fourth-order valence-electron chi connectivity index (χ4n) is 2.77. The SMILES string of the molecule is O=C(CNC(=O)NCc1ccccc1)NCCc1cccc2cccnc12. The molecule has 2 aromatic carbocycles. The van der Waals surface area contributed by atoms with E-state index in [2.05, 4.69) is 20.9 Å². The van der Waals surface area contributed by atoms with E-state index in [0.29, 0.717) is 19.5 Å². The van der Waals surface area contributed by atoms with Crippen LogP contribution in [-0.4, -0.2) is 30.0 Å². The summed E-state index contributed by atoms with van der Waals surface area (Å²) in [5.41, 5.74) is 3.04. The zero-order chi connectivity index (χ0) is 18.9. The molecule has 1 heterocycles. The van der Waals surface area contributed by atoms with Gasteiger partial charge in [0.2, 0.25) is 5.91 Å². The van der Waals surface area contributed by atoms with Crippen molar-refractivity contribution in [3.63, 3.8) is 0 Å². The summed E-state index contributed by atoms with van der Waals surface area (Å²) in [5, 5.41) is 9.17. The summed E-state index contributed by atoms with van der Waals surface area (Å²) in [7, 11) is 0. The number of pyridine rings is 1. The average molecular weight is 362 g/mol. The lowest BCUT2D eigenvalue weighted by Gasteiger charge is -2.09. The van der Waals surface area contributed by atoms with Gasteiger partial charge >= 0.3 is 6.03 Å². The lowest BCUT2D eigenvalue weighted by Crippen LogP contribution is -2.42. The fourth-order valence-corrected chi connectivity index (χ4v) is 2.77. The van der Waals surface area contributed by atoms with Gasteiger partial charge in [-0.3, -0.25) is 9.78 Å². The first-order valence-corrected chi connectivity index (χ1v) is 8.87. The predicted molar refractivity (Wildman–Crippen MR) is 105 cm³/mol. The number of carbonyl (C=O) groups excluding carboxylic acids is 2. The van der Waals surface area contributed by atoms with E-state index >= 15 is 0 Å². The Kier molecular flexibility index (Phi) is 6.35. The van der Waals surface area contributed by atoms with Crippen LogP contribution in [0.2, 0.25) is 0 Å². The largest absolute Gasteiger partial charge is 0.354 e. The molecule has 0 aliphatic heterocycles. The number of hydrogen-bond donors (Lipinski definition) is 3. The van der Waals surface area contributed by atoms with Crippen LogP contribution in [-0.2, 0) is 17.8 Å². The lowest BCUT2D eigenvalue weighted by molar-refractivity contribution is -0.120. The highest BCUT2D eigenvalue weighted by Crippen LogP contribution is 2.15. The van der Waals surface area contributed by atoms with Crippen molar-refractivity contribution < 1.29 is 9.59 Å². The van der Waals surface area contributed by atoms with Gasteiger partial charge < -0.3 is 16.0 Å². The third-order valence-electron chi connectivity index (χ3n) is 4.14. The van der Waals surface area contributed by atoms with Crippen LogP contribution in [0, 0.1) is 0 Å². The van der Waals surface area contributed by atoms with Crippen molar-refractivity contribution >= 4 is 22.8 Å². The summed E-state index contributed by atoms with van der Waals surface area (Å²) in [4.78, 5) is 28.1. The van der Waals surface area contributed by atoms with Gasteiger partial charge in [-0.15, -0.1) is 0 Å². The summed E-state index contributed by atoms with van der Waals surface area (Å²) in [6, 6.07) is 19.2. The summed E-state index contributed by atoms with van der Waals surface area (Å²) in [6.07, 6.45) is 2.45. The van der Waals surface area contributed by atoms with E-state index in [4.69, 9.17) is 0 Å². The van der Waals surface area contributed by atoms with Crippen LogP contribution < -0.4 is 16.0 Å². The van der Waals surface area contributed by atoms with Gasteiger partial charge in [-0.2, -0.15) is 0 Å². The molecule has 3 amide bonds. The number of nitrogens with one attached hydrogen (secondary N) is 3. The summed E-state index contributed by atoms with van der Waals surface area (Å²) in [6.45, 7) is 0.846. The maximum Gasteiger partial charge on any atom is 0.315 e. The molecule has 27 heavy (non-hydrogen) atoms. The number of nitrogens with zero attached hydrogens (tertiary/aromatic N) is 1. The zero-order valence-corrected chi connectivity index (χ0v) is 14.9. The number of urea groups is 1. The smallest absolute Gasteiger partial charge is 0.315 e. The Balaban J connectivity index is 1.37. The highest BCUT2D eigenvalue weighted by Gasteiger charge is 2.06. The number of benzene rings is 2. The van der Waals surface area contributed by atoms with Gasteiger partial charge in [-0.25, -0.2) is 4.79 Å². The highest BCUT2D eigenvalue weighted by molar-refractivity contribution is 5.84. The average Bonchev–Trinajstić information content (AvgIpc) is 2.71. The maximum atomic E-state index is 11.9. The topological polar surface area (TPSA) is 83.1 Å². The number of rotatable bonds is 7. The Bertz CT molecular complexity index is 907. The van der Waals surface area contributed by atoms with Gasteiger partial charge in [0.1, 0.15) is 0 Å². The van der Waals surface area contributed by atoms with Gasteiger partial charge in [-0.1, -0.05) is 54.6 Å². The van der Waals surface area contributed by atoms with E-state index in [1.54, 1.807) is 6.20 Å². The molecule has 0 saturated heterocycles. The second-order valence-electron chi connectivity index (χ2n) is 6.11. The van der Waals surface area contributed by atoms with Gasteiger partial charge in [0.15, 0.2) is 0 Å². The molecule has 3 aromatic rings. The fraction of sp³-hybridized carbons (Fsp3) is 0.190. The second-order valence-corrected chi connectivity index (χ2v) is 6.11. The molecule has 138 valence electrons. The lowest BCUT2D eigenvalue weighted by atomic mass is 10.1. The van der Waals surface area contributed by atoms with Gasteiger partial charge in [0, 0.05) is 24.7 Å². The number of carbonyl (C=O) groups is 2. The van der Waals surface area contributed by atoms with Crippen LogP contribution >= 0.6 is 0 Å². The molecule has 0 bridgehead atoms. The third kappa shape index (κ3) is 5.54. The minimum Gasteiger partial charge on any atom is -0.354 e. The molecule has 6 heteroatoms. The number of fused-ring (bicyclic) bond motifs is 1. The summed E-state index contributed by atoms with van der Waals surface area (Å²) < 4.78 is 0. The van der Waals surface area contributed by atoms with E-state index in [1.807, 2.05) is 60.7 Å². The molecule has 0 unspecified atom stereocenters. The Labute approximate surface area is 158 Å². The molecular formula is C21H22N4O2. The monoisotopic (exact) mass is 362 g/mol. The first-order valence-electron chi connectivity index (χ1n) is 8.87. The van der Waals surface area contributed by atoms with Crippen molar-refractivity contribution in [2.75, 3.05) is 13.1 Å². The Morgan fingerprint density at radius 2 is 1.67 bits per heavy atom. The number of hydrogen-bond acceptors (Lipinski definition) is 3. The number of amides is 3. The molecule has 1 aromatic heterocycles. The second kappa shape index (κ2) is 9.33. The molecule has 0 saturated carbocycles. The van der Waals surface area contributed by atoms with Crippen molar-refractivity contribution in [3.8, 4) is 0 Å². The standard InChI is InChI=1S/C21H22N4O2/c26-19(15-25-21(27)24-14-16-6-2-1-3-7-16)22-13-11-18-9-4-8-17-10-5-12-23-20(17)18/h1-10,12H,11,13-15H2,(H,22,26)(H2,24,25,27). The van der Waals surface area contributed by atoms with Crippen molar-refractivity contribution in [1.29, 1.82) is 0 Å². The van der Waals surface area contributed by atoms with E-state index in [1.165, 1.54) is 0 Å². The molecule has 3 rings (SSSR count). The van der Waals surface area contributed by atoms with E-state index < -0.39 is 0 Å². The maximum absolute atomic E-state index is 11.9. The molecule has 3 N–H and O–H groups in total. The minimum atomic E-state index is -0.368. The van der Waals surface area contributed by atoms with Gasteiger partial charge in [0.25, 0.3) is 0 Å². The van der Waals surface area contributed by atoms with Crippen LogP contribution in [0.1, 0.15) is 11.1 Å². The molecule has 0 aliphatic rings. The van der Waals surface area contributed by atoms with Crippen LogP contribution in [0.5, 0.6) is 0 Å². The van der Waals surface area contributed by atoms with Crippen LogP contribution in [0.25, 0.3) is 10.9 Å². The molecular weight excluding hydrogens is 340 g/mol. The van der Waals surface area contributed by atoms with E-state index in [-0.39, 0.29) is 18.5 Å². The molecule has 0 radical (unpaired) electrons. The van der Waals surface area contributed by atoms with Crippen LogP contribution in [0.15, 0.2) is 66.9 Å². The molecule has 0 spiro atoms. The van der Waals surface area contributed by atoms with E-state index in [9.17, 15) is 9.59 Å². The van der Waals surface area contributed by atoms with Crippen molar-refractivity contribution in [3.05, 3.63) is 78.0 Å². The Morgan fingerprint density at radius 3 is 2.52 bits per heavy atom. The van der Waals surface area contributed by atoms with Crippen LogP contribution in [0.3, 0.4) is 0 Å². The first kappa shape index (κ1) is 18.4. The Hall–Kier alpha value is -3.41. The number of aromatic nitrogens is 1. The van der Waals surface area contributed by atoms with E-state index in [0.717, 1.165) is 22.0 Å². The normalized spacial score (nSPS) is 10.4. The predicted octanol–water partition coefficient (Wildman–Crippen LogP) is 2.39. The minimum absolute atomic E-state index is 0.0611. The summed E-state index contributed by atoms with van der Waals surface area (Å²) >= 11 is 0. The third-order valence-corrected chi connectivity index (χ3v) is 4.14. The zero-order valence-electron chi connectivity index (χ0n) is 14.9. The van der Waals surface area contributed by atoms with Crippen molar-refractivity contribution in [1.82, 2.24) is 20.9 Å². The quantitative estimate of drug-likeness (QED) is 0.603. The van der Waals surface area contributed by atoms with Crippen molar-refractivity contribution in [2.24, 2.45) is 0 Å². The molecule has 6 nitrogen and oxygen atoms in total. The van der Waals surface area contributed by atoms with Crippen molar-refractivity contribution in [2.45, 2.75) is 13.0 Å². The van der Waals surface area contributed by atoms with Crippen LogP contribution in [0.4, 0.5) is 4.79 Å². The summed E-state index contributed by atoms with van der Waals surface area (Å²) in [5.74, 6) is -0.224. The number of para-hydroxylation sites is 1. The Morgan fingerprint density at radius 1 is 0.852 bits per heavy atom. The molecule has 0 fully saturated rings. The first-order chi connectivity index (χ1) is 13.2. The van der Waals surface area contributed by atoms with Gasteiger partial charge in [0.05, 0.1) is 12.1 Å². The van der Waals surface area contributed by atoms with Gasteiger partial charge in [-0.05, 0) is 23.6 Å². The molecule has 0 atom stereocenters. The highest BCUT2D eigenvalue weighted by atomic mass is 16.2.